The number of ether oxygens (including phenoxy) is 3. The molecule has 2 aromatic carbocycles. The van der Waals surface area contributed by atoms with E-state index in [4.69, 9.17) is 25.8 Å². The van der Waals surface area contributed by atoms with Crippen LogP contribution >= 0.6 is 11.6 Å². The molecule has 0 aliphatic carbocycles. The Hall–Kier alpha value is -2.12. The van der Waals surface area contributed by atoms with E-state index in [1.165, 1.54) is 7.11 Å². The number of benzene rings is 2. The number of nitrogens with zero attached hydrogens (tertiary/aromatic N) is 1. The summed E-state index contributed by atoms with van der Waals surface area (Å²) in [6, 6.07) is 13.8. The fourth-order valence-electron chi connectivity index (χ4n) is 3.44. The van der Waals surface area contributed by atoms with E-state index in [2.05, 4.69) is 16.1 Å². The van der Waals surface area contributed by atoms with E-state index in [1.807, 2.05) is 36.4 Å². The van der Waals surface area contributed by atoms with Gasteiger partial charge in [-0.3, -0.25) is 0 Å². The second-order valence-electron chi connectivity index (χ2n) is 7.19. The summed E-state index contributed by atoms with van der Waals surface area (Å²) in [6.07, 6.45) is 3.02. The van der Waals surface area contributed by atoms with E-state index in [1.54, 1.807) is 13.3 Å². The van der Waals surface area contributed by atoms with Crippen molar-refractivity contribution in [3.05, 3.63) is 64.2 Å². The van der Waals surface area contributed by atoms with Crippen molar-refractivity contribution in [2.45, 2.75) is 44.2 Å². The van der Waals surface area contributed by atoms with Crippen LogP contribution in [0.3, 0.4) is 0 Å². The van der Waals surface area contributed by atoms with Gasteiger partial charge in [0.15, 0.2) is 6.29 Å². The van der Waals surface area contributed by atoms with Gasteiger partial charge in [-0.25, -0.2) is 0 Å². The Kier molecular flexibility index (Phi) is 8.51. The number of hydrogen-bond donors (Lipinski definition) is 1. The van der Waals surface area contributed by atoms with Crippen LogP contribution in [0.2, 0.25) is 5.02 Å². The van der Waals surface area contributed by atoms with Gasteiger partial charge in [0.25, 0.3) is 0 Å². The molecule has 1 aliphatic heterocycles. The summed E-state index contributed by atoms with van der Waals surface area (Å²) in [6.45, 7) is 0.537. The van der Waals surface area contributed by atoms with Gasteiger partial charge in [-0.15, -0.1) is 0 Å². The summed E-state index contributed by atoms with van der Waals surface area (Å²) >= 11 is 6.45. The minimum atomic E-state index is -0.443. The van der Waals surface area contributed by atoms with Crippen LogP contribution in [0.15, 0.2) is 47.6 Å². The Morgan fingerprint density at radius 3 is 2.70 bits per heavy atom. The summed E-state index contributed by atoms with van der Waals surface area (Å²) in [5.41, 5.74) is 3.13. The van der Waals surface area contributed by atoms with Gasteiger partial charge in [-0.1, -0.05) is 41.0 Å². The number of aliphatic hydroxyl groups is 1. The third kappa shape index (κ3) is 6.44. The molecule has 1 fully saturated rings. The molecule has 0 spiro atoms. The van der Waals surface area contributed by atoms with Gasteiger partial charge < -0.3 is 24.2 Å². The van der Waals surface area contributed by atoms with Crippen molar-refractivity contribution in [2.75, 3.05) is 20.8 Å². The summed E-state index contributed by atoms with van der Waals surface area (Å²) in [7, 11) is 3.10. The molecule has 1 N–H and O–H groups in total. The van der Waals surface area contributed by atoms with Crippen LogP contribution in [0.4, 0.5) is 0 Å². The van der Waals surface area contributed by atoms with Crippen LogP contribution in [-0.2, 0) is 20.7 Å². The molecule has 2 aromatic rings. The quantitative estimate of drug-likeness (QED) is 0.358. The van der Waals surface area contributed by atoms with Crippen molar-refractivity contribution < 1.29 is 24.2 Å². The number of methoxy groups -OCH3 is 1. The largest absolute Gasteiger partial charge is 0.493 e. The number of aliphatic hydroxyl groups excluding tert-OH is 1. The third-order valence-electron chi connectivity index (χ3n) is 4.98. The lowest BCUT2D eigenvalue weighted by atomic mass is 9.95. The summed E-state index contributed by atoms with van der Waals surface area (Å²) < 4.78 is 16.9. The minimum Gasteiger partial charge on any atom is -0.493 e. The van der Waals surface area contributed by atoms with E-state index >= 15 is 0 Å². The number of rotatable bonds is 9. The van der Waals surface area contributed by atoms with E-state index < -0.39 is 12.4 Å². The first kappa shape index (κ1) is 22.6. The van der Waals surface area contributed by atoms with E-state index in [0.717, 1.165) is 22.4 Å². The second-order valence-corrected chi connectivity index (χ2v) is 7.60. The standard InChI is InChI=1S/C23H28ClNO5/c1-27-23-15-19(26)14-22(30-23)17-6-9-21(24)18(13-17)12-16-4-7-20(8-5-16)29-11-3-10-25-28-2/h4-10,13,19,22-23,26H,3,11-12,14-15H2,1-2H3/b25-10+. The zero-order valence-electron chi connectivity index (χ0n) is 17.3. The van der Waals surface area contributed by atoms with E-state index in [9.17, 15) is 5.11 Å². The molecule has 3 rings (SSSR count). The Morgan fingerprint density at radius 1 is 1.17 bits per heavy atom. The molecule has 30 heavy (non-hydrogen) atoms. The van der Waals surface area contributed by atoms with Crippen molar-refractivity contribution >= 4 is 17.8 Å². The maximum Gasteiger partial charge on any atom is 0.160 e. The first-order valence-electron chi connectivity index (χ1n) is 10.0. The van der Waals surface area contributed by atoms with E-state index in [-0.39, 0.29) is 6.10 Å². The molecule has 0 bridgehead atoms. The molecule has 3 unspecified atom stereocenters. The minimum absolute atomic E-state index is 0.216. The normalized spacial score (nSPS) is 21.7. The Balaban J connectivity index is 1.63. The smallest absolute Gasteiger partial charge is 0.160 e. The highest BCUT2D eigenvalue weighted by molar-refractivity contribution is 6.31. The molecular formula is C23H28ClNO5. The average Bonchev–Trinajstić information content (AvgIpc) is 2.75. The molecule has 162 valence electrons. The molecule has 1 heterocycles. The Morgan fingerprint density at radius 2 is 1.97 bits per heavy atom. The SMILES string of the molecule is CO/N=C/CCOc1ccc(Cc2cc(C3CC(O)CC(OC)O3)ccc2Cl)cc1. The van der Waals surface area contributed by atoms with Crippen molar-refractivity contribution in [1.82, 2.24) is 0 Å². The Bertz CT molecular complexity index is 827. The van der Waals surface area contributed by atoms with Crippen molar-refractivity contribution in [1.29, 1.82) is 0 Å². The van der Waals surface area contributed by atoms with Gasteiger partial charge in [0.1, 0.15) is 12.9 Å². The molecule has 1 aliphatic rings. The topological polar surface area (TPSA) is 69.5 Å². The van der Waals surface area contributed by atoms with Crippen LogP contribution in [-0.4, -0.2) is 44.5 Å². The highest BCUT2D eigenvalue weighted by atomic mass is 35.5. The number of hydrogen-bond acceptors (Lipinski definition) is 6. The maximum absolute atomic E-state index is 10.1. The molecular weight excluding hydrogens is 406 g/mol. The van der Waals surface area contributed by atoms with Crippen molar-refractivity contribution in [2.24, 2.45) is 5.16 Å². The monoisotopic (exact) mass is 433 g/mol. The molecule has 0 saturated carbocycles. The first-order valence-corrected chi connectivity index (χ1v) is 10.4. The lowest BCUT2D eigenvalue weighted by Gasteiger charge is -2.32. The van der Waals surface area contributed by atoms with Gasteiger partial charge >= 0.3 is 0 Å². The predicted molar refractivity (Wildman–Crippen MR) is 116 cm³/mol. The lowest BCUT2D eigenvalue weighted by molar-refractivity contribution is -0.205. The molecule has 6 nitrogen and oxygen atoms in total. The predicted octanol–water partition coefficient (Wildman–Crippen LogP) is 4.52. The van der Waals surface area contributed by atoms with Crippen LogP contribution in [0, 0.1) is 0 Å². The summed E-state index contributed by atoms with van der Waals surface area (Å²) in [5.74, 6) is 0.805. The molecule has 0 amide bonds. The van der Waals surface area contributed by atoms with Gasteiger partial charge in [0.2, 0.25) is 0 Å². The zero-order chi connectivity index (χ0) is 21.3. The summed E-state index contributed by atoms with van der Waals surface area (Å²) in [4.78, 5) is 4.62. The average molecular weight is 434 g/mol. The lowest BCUT2D eigenvalue weighted by Crippen LogP contribution is -2.32. The van der Waals surface area contributed by atoms with Gasteiger partial charge in [0, 0.05) is 37.6 Å². The van der Waals surface area contributed by atoms with Crippen LogP contribution < -0.4 is 4.74 Å². The van der Waals surface area contributed by atoms with Crippen LogP contribution in [0.5, 0.6) is 5.75 Å². The molecule has 0 radical (unpaired) electrons. The fourth-order valence-corrected chi connectivity index (χ4v) is 3.62. The van der Waals surface area contributed by atoms with E-state index in [0.29, 0.717) is 37.3 Å². The van der Waals surface area contributed by atoms with Gasteiger partial charge in [0.05, 0.1) is 18.8 Å². The fraction of sp³-hybridized carbons (Fsp3) is 0.435. The molecule has 7 heteroatoms. The zero-order valence-corrected chi connectivity index (χ0v) is 18.0. The van der Waals surface area contributed by atoms with Crippen LogP contribution in [0.25, 0.3) is 0 Å². The van der Waals surface area contributed by atoms with Crippen LogP contribution in [0.1, 0.15) is 42.1 Å². The second kappa shape index (κ2) is 11.3. The molecule has 1 saturated heterocycles. The first-order chi connectivity index (χ1) is 14.6. The highest BCUT2D eigenvalue weighted by Gasteiger charge is 2.29. The molecule has 3 atom stereocenters. The van der Waals surface area contributed by atoms with Crippen molar-refractivity contribution in [3.63, 3.8) is 0 Å². The maximum atomic E-state index is 10.1. The number of oxime groups is 1. The van der Waals surface area contributed by atoms with Crippen molar-refractivity contribution in [3.8, 4) is 5.75 Å². The van der Waals surface area contributed by atoms with Gasteiger partial charge in [-0.2, -0.15) is 0 Å². The number of halogens is 1. The summed E-state index contributed by atoms with van der Waals surface area (Å²) in [5, 5.41) is 14.5. The highest BCUT2D eigenvalue weighted by Crippen LogP contribution is 2.34. The molecule has 0 aromatic heterocycles. The van der Waals surface area contributed by atoms with Gasteiger partial charge in [-0.05, 0) is 41.3 Å². The Labute approximate surface area is 182 Å². The third-order valence-corrected chi connectivity index (χ3v) is 5.35.